The Morgan fingerprint density at radius 1 is 1.33 bits per heavy atom. The minimum Gasteiger partial charge on any atom is -0.312 e. The molecule has 3 nitrogen and oxygen atoms in total. The second kappa shape index (κ2) is 5.09. The average molecular weight is 354 g/mol. The Morgan fingerprint density at radius 2 is 1.95 bits per heavy atom. The summed E-state index contributed by atoms with van der Waals surface area (Å²) in [4.78, 5) is 0. The third-order valence-electron chi connectivity index (χ3n) is 5.26. The summed E-state index contributed by atoms with van der Waals surface area (Å²) in [5.41, 5.74) is 3.09. The van der Waals surface area contributed by atoms with E-state index in [0.29, 0.717) is 5.41 Å². The molecule has 2 atom stereocenters. The summed E-state index contributed by atoms with van der Waals surface area (Å²) in [6.45, 7) is 10.0. The highest BCUT2D eigenvalue weighted by atomic mass is 79.9. The van der Waals surface area contributed by atoms with Gasteiger partial charge in [-0.2, -0.15) is 5.10 Å². The first-order chi connectivity index (χ1) is 9.69. The van der Waals surface area contributed by atoms with E-state index in [2.05, 4.69) is 65.8 Å². The number of nitrogens with one attached hydrogen (secondary N) is 1. The van der Waals surface area contributed by atoms with Crippen molar-refractivity contribution in [3.05, 3.63) is 15.9 Å². The molecule has 118 valence electrons. The Labute approximate surface area is 137 Å². The number of aryl methyl sites for hydroxylation is 2. The molecule has 0 spiro atoms. The van der Waals surface area contributed by atoms with Gasteiger partial charge < -0.3 is 5.32 Å². The Hall–Kier alpha value is -0.350. The second-order valence-corrected chi connectivity index (χ2v) is 9.21. The van der Waals surface area contributed by atoms with E-state index in [1.807, 2.05) is 0 Å². The lowest BCUT2D eigenvalue weighted by molar-refractivity contribution is 0.218. The fourth-order valence-electron chi connectivity index (χ4n) is 4.04. The van der Waals surface area contributed by atoms with Crippen LogP contribution in [0.5, 0.6) is 0 Å². The van der Waals surface area contributed by atoms with Crippen LogP contribution in [-0.4, -0.2) is 21.9 Å². The van der Waals surface area contributed by atoms with E-state index < -0.39 is 0 Å². The van der Waals surface area contributed by atoms with Gasteiger partial charge in [0.25, 0.3) is 0 Å². The van der Waals surface area contributed by atoms with Gasteiger partial charge in [0.1, 0.15) is 0 Å². The molecule has 0 saturated heterocycles. The van der Waals surface area contributed by atoms with Crippen molar-refractivity contribution >= 4 is 15.9 Å². The van der Waals surface area contributed by atoms with Crippen LogP contribution >= 0.6 is 15.9 Å². The van der Waals surface area contributed by atoms with E-state index >= 15 is 0 Å². The molecule has 2 aliphatic rings. The normalized spacial score (nSPS) is 31.5. The minimum atomic E-state index is 0.194. The number of hydrogen-bond donors (Lipinski definition) is 1. The molecule has 0 amide bonds. The number of hydrogen-bond acceptors (Lipinski definition) is 2. The Bertz CT molecular complexity index is 531. The summed E-state index contributed by atoms with van der Waals surface area (Å²) in [7, 11) is 2.08. The molecule has 0 bridgehead atoms. The van der Waals surface area contributed by atoms with Crippen molar-refractivity contribution in [3.63, 3.8) is 0 Å². The van der Waals surface area contributed by atoms with Gasteiger partial charge in [-0.15, -0.1) is 0 Å². The van der Waals surface area contributed by atoms with Gasteiger partial charge in [0.05, 0.1) is 15.9 Å². The lowest BCUT2D eigenvalue weighted by Gasteiger charge is -2.35. The van der Waals surface area contributed by atoms with Crippen LogP contribution in [0.25, 0.3) is 0 Å². The highest BCUT2D eigenvalue weighted by Gasteiger charge is 2.53. The maximum Gasteiger partial charge on any atom is 0.0738 e. The zero-order valence-electron chi connectivity index (χ0n) is 14.0. The summed E-state index contributed by atoms with van der Waals surface area (Å²) < 4.78 is 3.28. The topological polar surface area (TPSA) is 29.9 Å². The molecule has 21 heavy (non-hydrogen) atoms. The zero-order chi connectivity index (χ0) is 15.4. The minimum absolute atomic E-state index is 0.194. The van der Waals surface area contributed by atoms with Crippen molar-refractivity contribution < 1.29 is 0 Å². The monoisotopic (exact) mass is 353 g/mol. The molecule has 2 saturated carbocycles. The fraction of sp³-hybridized carbons (Fsp3) is 0.824. The predicted octanol–water partition coefficient (Wildman–Crippen LogP) is 3.84. The van der Waals surface area contributed by atoms with Crippen molar-refractivity contribution in [2.75, 3.05) is 6.54 Å². The van der Waals surface area contributed by atoms with E-state index in [1.165, 1.54) is 29.4 Å². The summed E-state index contributed by atoms with van der Waals surface area (Å²) >= 11 is 3.75. The maximum atomic E-state index is 4.57. The van der Waals surface area contributed by atoms with Crippen LogP contribution in [0.1, 0.15) is 51.4 Å². The molecule has 1 N–H and O–H groups in total. The quantitative estimate of drug-likeness (QED) is 0.890. The third kappa shape index (κ3) is 3.21. The number of rotatable bonds is 4. The highest BCUT2D eigenvalue weighted by molar-refractivity contribution is 9.10. The van der Waals surface area contributed by atoms with E-state index in [4.69, 9.17) is 0 Å². The van der Waals surface area contributed by atoms with E-state index in [9.17, 15) is 0 Å². The highest BCUT2D eigenvalue weighted by Crippen LogP contribution is 2.60. The molecule has 4 heteroatoms. The molecule has 3 rings (SSSR count). The molecule has 2 aliphatic carbocycles. The van der Waals surface area contributed by atoms with E-state index in [0.717, 1.165) is 30.5 Å². The number of fused-ring (bicyclic) bond motifs is 1. The van der Waals surface area contributed by atoms with Crippen molar-refractivity contribution in [1.29, 1.82) is 0 Å². The largest absolute Gasteiger partial charge is 0.312 e. The Balaban J connectivity index is 1.80. The summed E-state index contributed by atoms with van der Waals surface area (Å²) in [6.07, 6.45) is 5.39. The van der Waals surface area contributed by atoms with E-state index in [-0.39, 0.29) is 5.54 Å². The Morgan fingerprint density at radius 3 is 2.43 bits per heavy atom. The van der Waals surface area contributed by atoms with Crippen LogP contribution in [-0.2, 0) is 13.5 Å². The van der Waals surface area contributed by atoms with Crippen LogP contribution < -0.4 is 5.32 Å². The van der Waals surface area contributed by atoms with Crippen molar-refractivity contribution in [2.24, 2.45) is 24.3 Å². The number of halogens is 1. The van der Waals surface area contributed by atoms with Crippen LogP contribution in [0.3, 0.4) is 0 Å². The Kier molecular flexibility index (Phi) is 3.77. The molecule has 2 unspecified atom stereocenters. The molecule has 0 aliphatic heterocycles. The first kappa shape index (κ1) is 15.5. The van der Waals surface area contributed by atoms with Gasteiger partial charge in [0.2, 0.25) is 0 Å². The number of nitrogens with zero attached hydrogens (tertiary/aromatic N) is 2. The molecule has 1 aromatic rings. The van der Waals surface area contributed by atoms with Crippen LogP contribution in [0, 0.1) is 24.2 Å². The molecular weight excluding hydrogens is 326 g/mol. The van der Waals surface area contributed by atoms with E-state index in [1.54, 1.807) is 0 Å². The predicted molar refractivity (Wildman–Crippen MR) is 90.4 cm³/mol. The molecular formula is C17H28BrN3. The van der Waals surface area contributed by atoms with Gasteiger partial charge in [-0.25, -0.2) is 0 Å². The second-order valence-electron chi connectivity index (χ2n) is 8.41. The maximum absolute atomic E-state index is 4.57. The van der Waals surface area contributed by atoms with Crippen LogP contribution in [0.2, 0.25) is 0 Å². The van der Waals surface area contributed by atoms with Gasteiger partial charge in [0, 0.05) is 19.1 Å². The van der Waals surface area contributed by atoms with Gasteiger partial charge in [0.15, 0.2) is 0 Å². The first-order valence-corrected chi connectivity index (χ1v) is 8.91. The van der Waals surface area contributed by atoms with Gasteiger partial charge in [-0.1, -0.05) is 0 Å². The average Bonchev–Trinajstić information content (AvgIpc) is 2.92. The standard InChI is InChI=1S/C17H28BrN3/c1-11-15(18)14(21(5)20-11)9-17(10-19-16(2,3)4)7-12-6-13(12)8-17/h12-13,19H,6-10H2,1-5H3. The summed E-state index contributed by atoms with van der Waals surface area (Å²) in [5, 5.41) is 8.34. The van der Waals surface area contributed by atoms with Gasteiger partial charge in [-0.3, -0.25) is 4.68 Å². The first-order valence-electron chi connectivity index (χ1n) is 8.12. The zero-order valence-corrected chi connectivity index (χ0v) is 15.5. The lowest BCUT2D eigenvalue weighted by Crippen LogP contribution is -2.44. The van der Waals surface area contributed by atoms with Crippen LogP contribution in [0.15, 0.2) is 4.47 Å². The molecule has 2 fully saturated rings. The van der Waals surface area contributed by atoms with Crippen molar-refractivity contribution in [2.45, 2.75) is 58.9 Å². The smallest absolute Gasteiger partial charge is 0.0738 e. The van der Waals surface area contributed by atoms with Crippen molar-refractivity contribution in [1.82, 2.24) is 15.1 Å². The third-order valence-corrected chi connectivity index (χ3v) is 6.29. The summed E-state index contributed by atoms with van der Waals surface area (Å²) in [6, 6.07) is 0. The van der Waals surface area contributed by atoms with Crippen LogP contribution in [0.4, 0.5) is 0 Å². The summed E-state index contributed by atoms with van der Waals surface area (Å²) in [5.74, 6) is 2.00. The van der Waals surface area contributed by atoms with Gasteiger partial charge in [-0.05, 0) is 86.6 Å². The van der Waals surface area contributed by atoms with Crippen molar-refractivity contribution in [3.8, 4) is 0 Å². The molecule has 1 aromatic heterocycles. The molecule has 0 aromatic carbocycles. The van der Waals surface area contributed by atoms with Gasteiger partial charge >= 0.3 is 0 Å². The fourth-order valence-corrected chi connectivity index (χ4v) is 4.51. The molecule has 1 heterocycles. The SMILES string of the molecule is Cc1nn(C)c(CC2(CNC(C)(C)C)CC3CC3C2)c1Br. The lowest BCUT2D eigenvalue weighted by atomic mass is 9.78. The number of aromatic nitrogens is 2. The molecule has 0 radical (unpaired) electrons.